The summed E-state index contributed by atoms with van der Waals surface area (Å²) in [6.45, 7) is 0. The Hall–Kier alpha value is -3.00. The number of aromatic nitrogens is 2. The standard InChI is InChI=1S/C15H12N4O3S/c1-17-15-18-11(8-5-3-2-4-6-8)9-7-10(23-12(9)19-15)13(20)22-14(16)21/h2-7H,1H3,(H2,16,21)(H,17,18,19). The molecule has 0 saturated heterocycles. The van der Waals surface area contributed by atoms with Crippen LogP contribution in [0.25, 0.3) is 21.5 Å². The second kappa shape index (κ2) is 6.01. The molecule has 3 aromatic rings. The molecule has 0 fully saturated rings. The highest BCUT2D eigenvalue weighted by Gasteiger charge is 2.18. The number of hydrogen-bond acceptors (Lipinski definition) is 7. The minimum atomic E-state index is -1.14. The number of nitrogens with zero attached hydrogens (tertiary/aromatic N) is 2. The van der Waals surface area contributed by atoms with Crippen LogP contribution in [0.3, 0.4) is 0 Å². The maximum Gasteiger partial charge on any atom is 0.412 e. The van der Waals surface area contributed by atoms with Gasteiger partial charge in [-0.25, -0.2) is 19.6 Å². The van der Waals surface area contributed by atoms with Gasteiger partial charge in [-0.3, -0.25) is 0 Å². The second-order valence-corrected chi connectivity index (χ2v) is 5.58. The van der Waals surface area contributed by atoms with E-state index in [2.05, 4.69) is 20.0 Å². The van der Waals surface area contributed by atoms with E-state index in [1.807, 2.05) is 30.3 Å². The van der Waals surface area contributed by atoms with Gasteiger partial charge >= 0.3 is 12.1 Å². The number of carbonyl (C=O) groups is 2. The van der Waals surface area contributed by atoms with Gasteiger partial charge in [-0.15, -0.1) is 11.3 Å². The second-order valence-electron chi connectivity index (χ2n) is 4.55. The third kappa shape index (κ3) is 2.97. The molecule has 23 heavy (non-hydrogen) atoms. The lowest BCUT2D eigenvalue weighted by Crippen LogP contribution is -2.17. The Morgan fingerprint density at radius 1 is 1.22 bits per heavy atom. The van der Waals surface area contributed by atoms with Gasteiger partial charge in [0.15, 0.2) is 0 Å². The van der Waals surface area contributed by atoms with E-state index >= 15 is 0 Å². The minimum Gasteiger partial charge on any atom is -0.372 e. The number of rotatable bonds is 3. The van der Waals surface area contributed by atoms with Gasteiger partial charge < -0.3 is 15.8 Å². The normalized spacial score (nSPS) is 10.5. The first-order chi connectivity index (χ1) is 11.1. The van der Waals surface area contributed by atoms with Crippen LogP contribution in [0.15, 0.2) is 36.4 Å². The number of anilines is 1. The third-order valence-corrected chi connectivity index (χ3v) is 4.07. The maximum atomic E-state index is 11.9. The van der Waals surface area contributed by atoms with E-state index in [1.54, 1.807) is 13.1 Å². The zero-order valence-corrected chi connectivity index (χ0v) is 12.9. The summed E-state index contributed by atoms with van der Waals surface area (Å²) < 4.78 is 4.41. The van der Waals surface area contributed by atoms with Crippen molar-refractivity contribution in [1.29, 1.82) is 0 Å². The molecule has 0 spiro atoms. The van der Waals surface area contributed by atoms with Crippen molar-refractivity contribution in [3.63, 3.8) is 0 Å². The van der Waals surface area contributed by atoms with Crippen molar-refractivity contribution in [1.82, 2.24) is 9.97 Å². The van der Waals surface area contributed by atoms with Crippen molar-refractivity contribution in [2.75, 3.05) is 12.4 Å². The average Bonchev–Trinajstić information content (AvgIpc) is 2.98. The number of thiophene rings is 1. The van der Waals surface area contributed by atoms with Crippen LogP contribution in [0, 0.1) is 0 Å². The van der Waals surface area contributed by atoms with Crippen LogP contribution in [-0.4, -0.2) is 29.1 Å². The molecule has 3 N–H and O–H groups in total. The summed E-state index contributed by atoms with van der Waals surface area (Å²) in [6.07, 6.45) is -1.14. The largest absolute Gasteiger partial charge is 0.412 e. The summed E-state index contributed by atoms with van der Waals surface area (Å²) in [4.78, 5) is 32.2. The zero-order valence-electron chi connectivity index (χ0n) is 12.1. The molecular formula is C15H12N4O3S. The molecule has 0 unspecified atom stereocenters. The molecule has 0 saturated carbocycles. The fourth-order valence-corrected chi connectivity index (χ4v) is 3.00. The molecule has 3 rings (SSSR count). The van der Waals surface area contributed by atoms with Crippen molar-refractivity contribution < 1.29 is 14.3 Å². The van der Waals surface area contributed by atoms with Gasteiger partial charge in [0, 0.05) is 18.0 Å². The first kappa shape index (κ1) is 14.9. The van der Waals surface area contributed by atoms with Crippen LogP contribution >= 0.6 is 11.3 Å². The monoisotopic (exact) mass is 328 g/mol. The average molecular weight is 328 g/mol. The van der Waals surface area contributed by atoms with Gasteiger partial charge in [0.05, 0.1) is 5.69 Å². The molecular weight excluding hydrogens is 316 g/mol. The van der Waals surface area contributed by atoms with Crippen molar-refractivity contribution in [2.24, 2.45) is 5.73 Å². The van der Waals surface area contributed by atoms with Gasteiger partial charge in [-0.1, -0.05) is 30.3 Å². The molecule has 1 amide bonds. The Morgan fingerprint density at radius 2 is 1.96 bits per heavy atom. The Kier molecular flexibility index (Phi) is 3.90. The van der Waals surface area contributed by atoms with E-state index in [4.69, 9.17) is 5.73 Å². The summed E-state index contributed by atoms with van der Waals surface area (Å²) in [7, 11) is 1.71. The molecule has 0 bridgehead atoms. The summed E-state index contributed by atoms with van der Waals surface area (Å²) in [5.74, 6) is -0.362. The Bertz CT molecular complexity index is 892. The number of nitrogens with two attached hydrogens (primary N) is 1. The van der Waals surface area contributed by atoms with Gasteiger partial charge in [0.1, 0.15) is 9.71 Å². The van der Waals surface area contributed by atoms with Crippen molar-refractivity contribution in [3.8, 4) is 11.3 Å². The smallest absolute Gasteiger partial charge is 0.372 e. The molecule has 8 heteroatoms. The lowest BCUT2D eigenvalue weighted by atomic mass is 10.1. The molecule has 1 aromatic carbocycles. The molecule has 0 aliphatic carbocycles. The lowest BCUT2D eigenvalue weighted by molar-refractivity contribution is 0.0643. The van der Waals surface area contributed by atoms with E-state index < -0.39 is 12.1 Å². The van der Waals surface area contributed by atoms with Crippen LogP contribution in [-0.2, 0) is 4.74 Å². The van der Waals surface area contributed by atoms with E-state index in [0.29, 0.717) is 21.9 Å². The third-order valence-electron chi connectivity index (χ3n) is 3.06. The van der Waals surface area contributed by atoms with Gasteiger partial charge in [0.2, 0.25) is 5.95 Å². The summed E-state index contributed by atoms with van der Waals surface area (Å²) in [5.41, 5.74) is 6.46. The van der Waals surface area contributed by atoms with E-state index in [9.17, 15) is 9.59 Å². The maximum absolute atomic E-state index is 11.9. The quantitative estimate of drug-likeness (QED) is 0.565. The predicted octanol–water partition coefficient (Wildman–Crippen LogP) is 2.64. The number of hydrogen-bond donors (Lipinski definition) is 2. The van der Waals surface area contributed by atoms with Crippen LogP contribution in [0.4, 0.5) is 10.7 Å². The van der Waals surface area contributed by atoms with Crippen molar-refractivity contribution >= 4 is 39.6 Å². The topological polar surface area (TPSA) is 107 Å². The Balaban J connectivity index is 2.17. The number of nitrogens with one attached hydrogen (secondary N) is 1. The molecule has 0 radical (unpaired) electrons. The minimum absolute atomic E-state index is 0.235. The van der Waals surface area contributed by atoms with Gasteiger partial charge in [-0.2, -0.15) is 0 Å². The molecule has 0 aliphatic rings. The highest BCUT2D eigenvalue weighted by molar-refractivity contribution is 7.20. The highest BCUT2D eigenvalue weighted by Crippen LogP contribution is 2.33. The molecule has 0 atom stereocenters. The number of ether oxygens (including phenoxy) is 1. The number of primary amides is 1. The summed E-state index contributed by atoms with van der Waals surface area (Å²) >= 11 is 1.11. The van der Waals surface area contributed by atoms with Crippen LogP contribution in [0.1, 0.15) is 9.67 Å². The first-order valence-electron chi connectivity index (χ1n) is 6.65. The van der Waals surface area contributed by atoms with E-state index in [1.165, 1.54) is 0 Å². The van der Waals surface area contributed by atoms with E-state index in [-0.39, 0.29) is 4.88 Å². The number of carbonyl (C=O) groups excluding carboxylic acids is 2. The SMILES string of the molecule is CNc1nc(-c2ccccc2)c2cc(C(=O)OC(N)=O)sc2n1. The van der Waals surface area contributed by atoms with Gasteiger partial charge in [-0.05, 0) is 6.07 Å². The number of fused-ring (bicyclic) bond motifs is 1. The van der Waals surface area contributed by atoms with Crippen molar-refractivity contribution in [3.05, 3.63) is 41.3 Å². The van der Waals surface area contributed by atoms with Crippen LogP contribution < -0.4 is 11.1 Å². The van der Waals surface area contributed by atoms with Gasteiger partial charge in [0.25, 0.3) is 0 Å². The zero-order chi connectivity index (χ0) is 16.4. The summed E-state index contributed by atoms with van der Waals surface area (Å²) in [6, 6.07) is 11.1. The molecule has 2 aromatic heterocycles. The molecule has 7 nitrogen and oxygen atoms in total. The molecule has 2 heterocycles. The van der Waals surface area contributed by atoms with Crippen molar-refractivity contribution in [2.45, 2.75) is 0 Å². The van der Waals surface area contributed by atoms with E-state index in [0.717, 1.165) is 16.9 Å². The Labute approximate surface area is 135 Å². The number of amides is 1. The molecule has 116 valence electrons. The predicted molar refractivity (Wildman–Crippen MR) is 87.4 cm³/mol. The van der Waals surface area contributed by atoms with Crippen LogP contribution in [0.2, 0.25) is 0 Å². The number of esters is 1. The first-order valence-corrected chi connectivity index (χ1v) is 7.46. The lowest BCUT2D eigenvalue weighted by Gasteiger charge is -2.05. The highest BCUT2D eigenvalue weighted by atomic mass is 32.1. The number of benzene rings is 1. The summed E-state index contributed by atoms with van der Waals surface area (Å²) in [5, 5.41) is 3.60. The Morgan fingerprint density at radius 3 is 2.61 bits per heavy atom. The fourth-order valence-electron chi connectivity index (χ4n) is 2.09. The van der Waals surface area contributed by atoms with Crippen LogP contribution in [0.5, 0.6) is 0 Å². The fraction of sp³-hybridized carbons (Fsp3) is 0.0667. The molecule has 0 aliphatic heterocycles.